The van der Waals surface area contributed by atoms with Crippen molar-refractivity contribution in [1.29, 1.82) is 0 Å². The lowest BCUT2D eigenvalue weighted by Gasteiger charge is -2.06. The summed E-state index contributed by atoms with van der Waals surface area (Å²) in [7, 11) is 0. The maximum absolute atomic E-state index is 11.5. The molecule has 0 amide bonds. The molecule has 4 aromatic rings. The maximum atomic E-state index is 11.5. The molecule has 0 aliphatic rings. The van der Waals surface area contributed by atoms with Crippen LogP contribution in [0.25, 0.3) is 11.5 Å². The van der Waals surface area contributed by atoms with Gasteiger partial charge in [0, 0.05) is 12.0 Å². The van der Waals surface area contributed by atoms with Crippen LogP contribution in [0.3, 0.4) is 0 Å². The van der Waals surface area contributed by atoms with Gasteiger partial charge in [0.15, 0.2) is 0 Å². The van der Waals surface area contributed by atoms with Crippen molar-refractivity contribution in [3.8, 4) is 17.2 Å². The molecule has 0 atom stereocenters. The average molecular weight is 393 g/mol. The first-order valence-electron chi connectivity index (χ1n) is 9.12. The van der Waals surface area contributed by atoms with Gasteiger partial charge in [0.05, 0.1) is 18.8 Å². The van der Waals surface area contributed by atoms with Crippen LogP contribution in [0.15, 0.2) is 73.1 Å². The van der Waals surface area contributed by atoms with Crippen LogP contribution in [0.2, 0.25) is 0 Å². The van der Waals surface area contributed by atoms with Gasteiger partial charge in [0.1, 0.15) is 11.5 Å². The van der Waals surface area contributed by atoms with E-state index >= 15 is 0 Å². The number of oxazole rings is 1. The minimum Gasteiger partial charge on any atom is -0.493 e. The molecule has 0 saturated carbocycles. The Morgan fingerprint density at radius 3 is 2.52 bits per heavy atom. The zero-order chi connectivity index (χ0) is 20.2. The number of benzene rings is 2. The molecular formula is C21H19N3O5. The monoisotopic (exact) mass is 393 g/mol. The summed E-state index contributed by atoms with van der Waals surface area (Å²) in [4.78, 5) is 29.1. The molecule has 0 aliphatic carbocycles. The predicted molar refractivity (Wildman–Crippen MR) is 105 cm³/mol. The van der Waals surface area contributed by atoms with Crippen LogP contribution in [0.1, 0.15) is 17.0 Å². The molecule has 0 bridgehead atoms. The van der Waals surface area contributed by atoms with Crippen molar-refractivity contribution in [1.82, 2.24) is 14.7 Å². The van der Waals surface area contributed by atoms with E-state index in [9.17, 15) is 9.59 Å². The third-order valence-corrected chi connectivity index (χ3v) is 4.40. The molecule has 148 valence electrons. The fourth-order valence-electron chi connectivity index (χ4n) is 2.90. The highest BCUT2D eigenvalue weighted by atomic mass is 16.5. The molecule has 0 unspecified atom stereocenters. The van der Waals surface area contributed by atoms with E-state index in [-0.39, 0.29) is 6.54 Å². The summed E-state index contributed by atoms with van der Waals surface area (Å²) in [6.45, 7) is 2.51. The third-order valence-electron chi connectivity index (χ3n) is 4.40. The third kappa shape index (κ3) is 4.37. The minimum atomic E-state index is -0.770. The Hall–Kier alpha value is -3.81. The molecule has 0 saturated heterocycles. The molecule has 2 aromatic carbocycles. The molecular weight excluding hydrogens is 374 g/mol. The van der Waals surface area contributed by atoms with Gasteiger partial charge in [-0.3, -0.25) is 0 Å². The minimum absolute atomic E-state index is 0.165. The summed E-state index contributed by atoms with van der Waals surface area (Å²) in [5.74, 6) is 1.31. The fraction of sp³-hybridized carbons (Fsp3) is 0.190. The lowest BCUT2D eigenvalue weighted by Crippen LogP contribution is -2.17. The van der Waals surface area contributed by atoms with Gasteiger partial charge in [-0.05, 0) is 36.8 Å². The van der Waals surface area contributed by atoms with Crippen molar-refractivity contribution < 1.29 is 13.7 Å². The van der Waals surface area contributed by atoms with Crippen LogP contribution in [0, 0.1) is 6.92 Å². The normalized spacial score (nSPS) is 10.9. The number of hydrogen-bond donors (Lipinski definition) is 1. The second-order valence-corrected chi connectivity index (χ2v) is 6.48. The summed E-state index contributed by atoms with van der Waals surface area (Å²) < 4.78 is 17.3. The number of aromatic nitrogens is 3. The molecule has 0 radical (unpaired) electrons. The number of H-pyrrole nitrogens is 1. The van der Waals surface area contributed by atoms with E-state index in [4.69, 9.17) is 13.7 Å². The van der Waals surface area contributed by atoms with Gasteiger partial charge in [-0.25, -0.2) is 19.6 Å². The Balaban J connectivity index is 1.34. The van der Waals surface area contributed by atoms with Crippen LogP contribution in [-0.2, 0) is 13.0 Å². The number of aromatic amines is 1. The van der Waals surface area contributed by atoms with Crippen molar-refractivity contribution in [3.63, 3.8) is 0 Å². The molecule has 2 aromatic heterocycles. The van der Waals surface area contributed by atoms with Crippen LogP contribution in [0.5, 0.6) is 5.75 Å². The van der Waals surface area contributed by atoms with Gasteiger partial charge in [0.25, 0.3) is 0 Å². The van der Waals surface area contributed by atoms with Gasteiger partial charge < -0.3 is 13.7 Å². The lowest BCUT2D eigenvalue weighted by atomic mass is 10.2. The van der Waals surface area contributed by atoms with Crippen molar-refractivity contribution in [2.24, 2.45) is 0 Å². The van der Waals surface area contributed by atoms with E-state index in [1.165, 1.54) is 0 Å². The molecule has 29 heavy (non-hydrogen) atoms. The van der Waals surface area contributed by atoms with Gasteiger partial charge in [0.2, 0.25) is 5.89 Å². The number of ether oxygens (including phenoxy) is 1. The number of aryl methyl sites for hydroxylation is 1. The smallest absolute Gasteiger partial charge is 0.440 e. The standard InChI is InChI=1S/C21H19N3O5/c1-14-18(22-19(28-14)16-5-3-2-4-6-16)11-12-27-17-9-7-15(8-10-17)13-24-20(25)23-21(26)29-24/h2-10H,11-13H2,1H3,(H,23,25,26). The summed E-state index contributed by atoms with van der Waals surface area (Å²) in [6, 6.07) is 17.0. The highest BCUT2D eigenvalue weighted by Crippen LogP contribution is 2.22. The zero-order valence-electron chi connectivity index (χ0n) is 15.8. The Morgan fingerprint density at radius 2 is 1.83 bits per heavy atom. The maximum Gasteiger partial charge on any atom is 0.440 e. The van der Waals surface area contributed by atoms with Gasteiger partial charge >= 0.3 is 11.4 Å². The topological polar surface area (TPSA) is 103 Å². The molecule has 4 rings (SSSR count). The van der Waals surface area contributed by atoms with E-state index < -0.39 is 11.4 Å². The first-order valence-corrected chi connectivity index (χ1v) is 9.12. The molecule has 0 aliphatic heterocycles. The Morgan fingerprint density at radius 1 is 1.07 bits per heavy atom. The lowest BCUT2D eigenvalue weighted by molar-refractivity contribution is 0.258. The number of nitrogens with one attached hydrogen (secondary N) is 1. The first-order chi connectivity index (χ1) is 14.1. The van der Waals surface area contributed by atoms with E-state index in [0.29, 0.717) is 24.7 Å². The largest absolute Gasteiger partial charge is 0.493 e. The van der Waals surface area contributed by atoms with Crippen molar-refractivity contribution in [2.75, 3.05) is 6.61 Å². The molecule has 1 N–H and O–H groups in total. The number of nitrogens with zero attached hydrogens (tertiary/aromatic N) is 2. The van der Waals surface area contributed by atoms with Crippen LogP contribution >= 0.6 is 0 Å². The summed E-state index contributed by atoms with van der Waals surface area (Å²) in [6.07, 6.45) is 0.619. The van der Waals surface area contributed by atoms with Crippen LogP contribution in [-0.4, -0.2) is 21.3 Å². The summed E-state index contributed by atoms with van der Waals surface area (Å²) >= 11 is 0. The van der Waals surface area contributed by atoms with Gasteiger partial charge in [-0.1, -0.05) is 30.3 Å². The fourth-order valence-corrected chi connectivity index (χ4v) is 2.90. The number of rotatable bonds is 7. The molecule has 2 heterocycles. The van der Waals surface area contributed by atoms with Gasteiger partial charge in [-0.2, -0.15) is 0 Å². The molecule has 0 fully saturated rings. The molecule has 8 nitrogen and oxygen atoms in total. The van der Waals surface area contributed by atoms with Crippen LogP contribution in [0.4, 0.5) is 0 Å². The zero-order valence-corrected chi connectivity index (χ0v) is 15.8. The second kappa shape index (κ2) is 8.05. The molecule has 0 spiro atoms. The van der Waals surface area contributed by atoms with Gasteiger partial charge in [-0.15, -0.1) is 4.74 Å². The number of hydrogen-bond acceptors (Lipinski definition) is 6. The Bertz CT molecular complexity index is 1200. The van der Waals surface area contributed by atoms with Crippen molar-refractivity contribution in [2.45, 2.75) is 19.9 Å². The van der Waals surface area contributed by atoms with E-state index in [1.54, 1.807) is 12.1 Å². The highest BCUT2D eigenvalue weighted by Gasteiger charge is 2.11. The first kappa shape index (κ1) is 18.5. The van der Waals surface area contributed by atoms with E-state index in [2.05, 4.69) is 4.98 Å². The summed E-state index contributed by atoms with van der Waals surface area (Å²) in [5.41, 5.74) is 2.04. The van der Waals surface area contributed by atoms with Crippen molar-refractivity contribution >= 4 is 0 Å². The van der Waals surface area contributed by atoms with E-state index in [0.717, 1.165) is 27.3 Å². The quantitative estimate of drug-likeness (QED) is 0.518. The second-order valence-electron chi connectivity index (χ2n) is 6.48. The average Bonchev–Trinajstić information content (AvgIpc) is 3.25. The Kier molecular flexibility index (Phi) is 5.15. The van der Waals surface area contributed by atoms with Crippen LogP contribution < -0.4 is 16.2 Å². The van der Waals surface area contributed by atoms with Crippen molar-refractivity contribution in [3.05, 3.63) is 92.6 Å². The molecule has 8 heteroatoms. The Labute approximate surface area is 165 Å². The van der Waals surface area contributed by atoms with E-state index in [1.807, 2.05) is 54.4 Å². The highest BCUT2D eigenvalue weighted by molar-refractivity contribution is 5.53. The predicted octanol–water partition coefficient (Wildman–Crippen LogP) is 2.76. The SMILES string of the molecule is Cc1oc(-c2ccccc2)nc1CCOc1ccc(Cn2oc(=O)[nH]c2=O)cc1. The summed E-state index contributed by atoms with van der Waals surface area (Å²) in [5, 5.41) is 0.